The molecule has 0 aromatic carbocycles. The van der Waals surface area contributed by atoms with E-state index in [4.69, 9.17) is 4.74 Å². The summed E-state index contributed by atoms with van der Waals surface area (Å²) in [5.41, 5.74) is 2.15. The molecule has 1 atom stereocenters. The second kappa shape index (κ2) is 6.86. The van der Waals surface area contributed by atoms with Gasteiger partial charge in [-0.15, -0.1) is 0 Å². The lowest BCUT2D eigenvalue weighted by molar-refractivity contribution is -0.00850. The van der Waals surface area contributed by atoms with Crippen LogP contribution in [0.5, 0.6) is 0 Å². The van der Waals surface area contributed by atoms with Gasteiger partial charge in [-0.3, -0.25) is 4.68 Å². The van der Waals surface area contributed by atoms with Gasteiger partial charge in [0.2, 0.25) is 0 Å². The molecule has 4 nitrogen and oxygen atoms in total. The van der Waals surface area contributed by atoms with Crippen LogP contribution in [0, 0.1) is 0 Å². The van der Waals surface area contributed by atoms with E-state index in [2.05, 4.69) is 58.7 Å². The normalized spacial score (nSPS) is 13.8. The third-order valence-electron chi connectivity index (χ3n) is 3.81. The van der Waals surface area contributed by atoms with Crippen molar-refractivity contribution in [1.82, 2.24) is 15.1 Å². The van der Waals surface area contributed by atoms with E-state index in [-0.39, 0.29) is 11.6 Å². The number of likely N-dealkylation sites (N-methyl/N-ethyl adjacent to an activating group) is 1. The summed E-state index contributed by atoms with van der Waals surface area (Å²) >= 11 is 3.70. The number of halogens is 1. The van der Waals surface area contributed by atoms with Crippen molar-refractivity contribution in [2.24, 2.45) is 0 Å². The third-order valence-corrected chi connectivity index (χ3v) is 4.72. The number of hydrogen-bond donors (Lipinski definition) is 1. The molecule has 0 saturated heterocycles. The van der Waals surface area contributed by atoms with Gasteiger partial charge in [-0.1, -0.05) is 6.92 Å². The largest absolute Gasteiger partial charge is 0.377 e. The van der Waals surface area contributed by atoms with Gasteiger partial charge in [-0.05, 0) is 50.2 Å². The SMILES string of the molecule is CCc1nn(CC)c(CC(NC)C(C)(C)OC)c1Br. The van der Waals surface area contributed by atoms with Gasteiger partial charge in [0.15, 0.2) is 0 Å². The molecule has 1 aromatic heterocycles. The van der Waals surface area contributed by atoms with Crippen LogP contribution in [0.3, 0.4) is 0 Å². The molecule has 0 aliphatic heterocycles. The third kappa shape index (κ3) is 3.58. The molecule has 0 saturated carbocycles. The average Bonchev–Trinajstić information content (AvgIpc) is 2.71. The first-order valence-electron chi connectivity index (χ1n) is 6.87. The minimum absolute atomic E-state index is 0.219. The molecule has 0 amide bonds. The Morgan fingerprint density at radius 2 is 2.05 bits per heavy atom. The van der Waals surface area contributed by atoms with E-state index in [1.807, 2.05) is 7.05 Å². The summed E-state index contributed by atoms with van der Waals surface area (Å²) < 4.78 is 8.83. The Kier molecular flexibility index (Phi) is 6.02. The summed E-state index contributed by atoms with van der Waals surface area (Å²) in [6.07, 6.45) is 1.83. The van der Waals surface area contributed by atoms with E-state index in [9.17, 15) is 0 Å². The summed E-state index contributed by atoms with van der Waals surface area (Å²) in [6, 6.07) is 0.237. The monoisotopic (exact) mass is 331 g/mol. The maximum absolute atomic E-state index is 5.60. The number of nitrogens with zero attached hydrogens (tertiary/aromatic N) is 2. The van der Waals surface area contributed by atoms with Crippen LogP contribution in [0.2, 0.25) is 0 Å². The molecule has 0 spiro atoms. The van der Waals surface area contributed by atoms with Crippen molar-refractivity contribution in [2.45, 2.75) is 58.7 Å². The second-order valence-electron chi connectivity index (χ2n) is 5.23. The fourth-order valence-electron chi connectivity index (χ4n) is 2.24. The maximum Gasteiger partial charge on any atom is 0.0778 e. The van der Waals surface area contributed by atoms with Gasteiger partial charge in [0.1, 0.15) is 0 Å². The van der Waals surface area contributed by atoms with Gasteiger partial charge in [-0.25, -0.2) is 0 Å². The van der Waals surface area contributed by atoms with Crippen molar-refractivity contribution in [2.75, 3.05) is 14.2 Å². The maximum atomic E-state index is 5.60. The van der Waals surface area contributed by atoms with Crippen molar-refractivity contribution < 1.29 is 4.74 Å². The number of ether oxygens (including phenoxy) is 1. The lowest BCUT2D eigenvalue weighted by Crippen LogP contribution is -2.48. The van der Waals surface area contributed by atoms with E-state index in [0.717, 1.165) is 29.6 Å². The Labute approximate surface area is 125 Å². The minimum Gasteiger partial charge on any atom is -0.377 e. The minimum atomic E-state index is -0.219. The number of rotatable bonds is 7. The standard InChI is InChI=1S/C14H26BrN3O/c1-7-10-13(15)11(18(8-2)17-10)9-12(16-5)14(3,4)19-6/h12,16H,7-9H2,1-6H3. The zero-order chi connectivity index (χ0) is 14.6. The molecule has 1 aromatic rings. The highest BCUT2D eigenvalue weighted by Crippen LogP contribution is 2.26. The van der Waals surface area contributed by atoms with E-state index >= 15 is 0 Å². The number of methoxy groups -OCH3 is 1. The van der Waals surface area contributed by atoms with Crippen LogP contribution in [0.1, 0.15) is 39.1 Å². The first kappa shape index (κ1) is 16.7. The van der Waals surface area contributed by atoms with Crippen molar-refractivity contribution in [3.63, 3.8) is 0 Å². The van der Waals surface area contributed by atoms with E-state index in [1.54, 1.807) is 7.11 Å². The molecular formula is C14H26BrN3O. The Bertz CT molecular complexity index is 415. The molecule has 1 N–H and O–H groups in total. The molecular weight excluding hydrogens is 306 g/mol. The zero-order valence-electron chi connectivity index (χ0n) is 12.9. The summed E-state index contributed by atoms with van der Waals surface area (Å²) in [7, 11) is 3.74. The predicted molar refractivity (Wildman–Crippen MR) is 82.6 cm³/mol. The van der Waals surface area contributed by atoms with Gasteiger partial charge >= 0.3 is 0 Å². The van der Waals surface area contributed by atoms with Crippen LogP contribution < -0.4 is 5.32 Å². The molecule has 0 radical (unpaired) electrons. The summed E-state index contributed by atoms with van der Waals surface area (Å²) in [4.78, 5) is 0. The molecule has 1 rings (SSSR count). The fraction of sp³-hybridized carbons (Fsp3) is 0.786. The summed E-state index contributed by atoms with van der Waals surface area (Å²) in [5, 5.41) is 8.00. The number of nitrogens with one attached hydrogen (secondary N) is 1. The average molecular weight is 332 g/mol. The molecule has 1 unspecified atom stereocenters. The van der Waals surface area contributed by atoms with Crippen molar-refractivity contribution in [3.05, 3.63) is 15.9 Å². The lowest BCUT2D eigenvalue weighted by atomic mass is 9.94. The van der Waals surface area contributed by atoms with Crippen molar-refractivity contribution in [1.29, 1.82) is 0 Å². The molecule has 0 aliphatic rings. The van der Waals surface area contributed by atoms with Crippen LogP contribution in [0.4, 0.5) is 0 Å². The van der Waals surface area contributed by atoms with Crippen LogP contribution in [0.25, 0.3) is 0 Å². The van der Waals surface area contributed by atoms with E-state index in [1.165, 1.54) is 5.69 Å². The van der Waals surface area contributed by atoms with Crippen LogP contribution in [0.15, 0.2) is 4.47 Å². The van der Waals surface area contributed by atoms with Crippen molar-refractivity contribution in [3.8, 4) is 0 Å². The topological polar surface area (TPSA) is 39.1 Å². The molecule has 0 aliphatic carbocycles. The first-order valence-corrected chi connectivity index (χ1v) is 7.66. The smallest absolute Gasteiger partial charge is 0.0778 e. The highest BCUT2D eigenvalue weighted by Gasteiger charge is 2.30. The number of aromatic nitrogens is 2. The van der Waals surface area contributed by atoms with Gasteiger partial charge in [0, 0.05) is 26.1 Å². The summed E-state index contributed by atoms with van der Waals surface area (Å²) in [6.45, 7) is 9.35. The molecule has 0 bridgehead atoms. The van der Waals surface area contributed by atoms with Gasteiger partial charge in [0.05, 0.1) is 21.5 Å². The van der Waals surface area contributed by atoms with Crippen LogP contribution in [-0.4, -0.2) is 35.6 Å². The Balaban J connectivity index is 3.06. The molecule has 110 valence electrons. The summed E-state index contributed by atoms with van der Waals surface area (Å²) in [5.74, 6) is 0. The number of hydrogen-bond acceptors (Lipinski definition) is 3. The molecule has 1 heterocycles. The van der Waals surface area contributed by atoms with Crippen LogP contribution in [-0.2, 0) is 24.1 Å². The van der Waals surface area contributed by atoms with E-state index < -0.39 is 0 Å². The second-order valence-corrected chi connectivity index (χ2v) is 6.02. The Morgan fingerprint density at radius 3 is 2.47 bits per heavy atom. The lowest BCUT2D eigenvalue weighted by Gasteiger charge is -2.33. The Morgan fingerprint density at radius 1 is 1.42 bits per heavy atom. The van der Waals surface area contributed by atoms with Crippen molar-refractivity contribution >= 4 is 15.9 Å². The highest BCUT2D eigenvalue weighted by molar-refractivity contribution is 9.10. The first-order chi connectivity index (χ1) is 8.91. The zero-order valence-corrected chi connectivity index (χ0v) is 14.5. The van der Waals surface area contributed by atoms with Gasteiger partial charge < -0.3 is 10.1 Å². The molecule has 5 heteroatoms. The molecule has 0 fully saturated rings. The Hall–Kier alpha value is -0.390. The van der Waals surface area contributed by atoms with Gasteiger partial charge in [-0.2, -0.15) is 5.10 Å². The number of aryl methyl sites for hydroxylation is 2. The molecule has 19 heavy (non-hydrogen) atoms. The van der Waals surface area contributed by atoms with Crippen LogP contribution >= 0.6 is 15.9 Å². The van der Waals surface area contributed by atoms with E-state index in [0.29, 0.717) is 0 Å². The highest BCUT2D eigenvalue weighted by atomic mass is 79.9. The fourth-order valence-corrected chi connectivity index (χ4v) is 2.97. The quantitative estimate of drug-likeness (QED) is 0.835. The van der Waals surface area contributed by atoms with Gasteiger partial charge in [0.25, 0.3) is 0 Å². The predicted octanol–water partition coefficient (Wildman–Crippen LogP) is 2.78.